The van der Waals surface area contributed by atoms with E-state index in [0.717, 1.165) is 18.2 Å². The SMILES string of the molecule is Cc1nc(N(C)C)ncc1-c1cc(C(F)(F)F)ccc1O. The predicted octanol–water partition coefficient (Wildman–Crippen LogP) is 3.24. The average Bonchev–Trinajstić information content (AvgIpc) is 2.38. The number of aromatic nitrogens is 2. The van der Waals surface area contributed by atoms with Crippen molar-refractivity contribution < 1.29 is 18.3 Å². The molecule has 1 aromatic heterocycles. The van der Waals surface area contributed by atoms with Crippen LogP contribution in [0.1, 0.15) is 11.3 Å². The van der Waals surface area contributed by atoms with Gasteiger partial charge >= 0.3 is 6.18 Å². The summed E-state index contributed by atoms with van der Waals surface area (Å²) in [6.45, 7) is 1.66. The molecule has 0 saturated carbocycles. The maximum Gasteiger partial charge on any atom is 0.416 e. The molecule has 0 radical (unpaired) electrons. The molecular weight excluding hydrogens is 283 g/mol. The third-order valence-corrected chi connectivity index (χ3v) is 2.98. The highest BCUT2D eigenvalue weighted by Crippen LogP contribution is 2.37. The van der Waals surface area contributed by atoms with Gasteiger partial charge in [0.15, 0.2) is 0 Å². The molecule has 7 heteroatoms. The van der Waals surface area contributed by atoms with Gasteiger partial charge in [-0.15, -0.1) is 0 Å². The smallest absolute Gasteiger partial charge is 0.416 e. The molecule has 0 saturated heterocycles. The minimum absolute atomic E-state index is 0.0626. The predicted molar refractivity (Wildman–Crippen MR) is 73.2 cm³/mol. The largest absolute Gasteiger partial charge is 0.507 e. The maximum atomic E-state index is 12.8. The highest BCUT2D eigenvalue weighted by molar-refractivity contribution is 5.72. The summed E-state index contributed by atoms with van der Waals surface area (Å²) in [6.07, 6.45) is -3.06. The summed E-state index contributed by atoms with van der Waals surface area (Å²) in [7, 11) is 3.52. The van der Waals surface area contributed by atoms with Crippen LogP contribution in [0, 0.1) is 6.92 Å². The fourth-order valence-corrected chi connectivity index (χ4v) is 1.86. The molecule has 0 aliphatic rings. The number of halogens is 3. The van der Waals surface area contributed by atoms with Crippen molar-refractivity contribution in [3.8, 4) is 16.9 Å². The van der Waals surface area contributed by atoms with E-state index in [4.69, 9.17) is 0 Å². The van der Waals surface area contributed by atoms with Gasteiger partial charge in [-0.3, -0.25) is 0 Å². The molecule has 0 aliphatic carbocycles. The van der Waals surface area contributed by atoms with Crippen LogP contribution in [0.25, 0.3) is 11.1 Å². The zero-order chi connectivity index (χ0) is 15.8. The molecule has 21 heavy (non-hydrogen) atoms. The minimum atomic E-state index is -4.47. The van der Waals surface area contributed by atoms with Crippen LogP contribution in [0.5, 0.6) is 5.75 Å². The van der Waals surface area contributed by atoms with Crippen molar-refractivity contribution >= 4 is 5.95 Å². The van der Waals surface area contributed by atoms with Crippen LogP contribution in [0.15, 0.2) is 24.4 Å². The molecule has 0 fully saturated rings. The quantitative estimate of drug-likeness (QED) is 0.924. The third kappa shape index (κ3) is 3.07. The average molecular weight is 297 g/mol. The molecule has 2 aromatic rings. The molecule has 0 unspecified atom stereocenters. The van der Waals surface area contributed by atoms with Crippen LogP contribution in [0.2, 0.25) is 0 Å². The van der Waals surface area contributed by atoms with Gasteiger partial charge in [0.25, 0.3) is 0 Å². The molecular formula is C14H14F3N3O. The Morgan fingerprint density at radius 3 is 2.33 bits per heavy atom. The molecule has 0 amide bonds. The van der Waals surface area contributed by atoms with Crippen molar-refractivity contribution in [3.05, 3.63) is 35.7 Å². The first kappa shape index (κ1) is 15.1. The molecule has 2 rings (SSSR count). The highest BCUT2D eigenvalue weighted by Gasteiger charge is 2.31. The molecule has 0 aliphatic heterocycles. The standard InChI is InChI=1S/C14H14F3N3O/c1-8-11(7-18-13(19-8)20(2)3)10-6-9(14(15,16)17)4-5-12(10)21/h4-7,21H,1-3H3. The van der Waals surface area contributed by atoms with Crippen LogP contribution in [-0.2, 0) is 6.18 Å². The Bertz CT molecular complexity index is 669. The number of phenolic OH excluding ortho intramolecular Hbond substituents is 1. The van der Waals surface area contributed by atoms with E-state index in [-0.39, 0.29) is 11.3 Å². The number of alkyl halides is 3. The molecule has 0 spiro atoms. The summed E-state index contributed by atoms with van der Waals surface area (Å²) in [6, 6.07) is 2.76. The third-order valence-electron chi connectivity index (χ3n) is 2.98. The molecule has 4 nitrogen and oxygen atoms in total. The van der Waals surface area contributed by atoms with E-state index in [1.165, 1.54) is 6.20 Å². The molecule has 0 bridgehead atoms. The summed E-state index contributed by atoms with van der Waals surface area (Å²) < 4.78 is 38.3. The molecule has 1 N–H and O–H groups in total. The second-order valence-electron chi connectivity index (χ2n) is 4.79. The Kier molecular flexibility index (Phi) is 3.76. The van der Waals surface area contributed by atoms with Crippen LogP contribution < -0.4 is 4.90 Å². The Balaban J connectivity index is 2.56. The molecule has 0 atom stereocenters. The lowest BCUT2D eigenvalue weighted by Gasteiger charge is -2.14. The fraction of sp³-hybridized carbons (Fsp3) is 0.286. The van der Waals surface area contributed by atoms with Crippen LogP contribution in [0.3, 0.4) is 0 Å². The van der Waals surface area contributed by atoms with Gasteiger partial charge in [0.1, 0.15) is 5.75 Å². The van der Waals surface area contributed by atoms with Crippen molar-refractivity contribution in [2.75, 3.05) is 19.0 Å². The van der Waals surface area contributed by atoms with Crippen molar-refractivity contribution in [1.82, 2.24) is 9.97 Å². The number of nitrogens with zero attached hydrogens (tertiary/aromatic N) is 3. The van der Waals surface area contributed by atoms with E-state index in [2.05, 4.69) is 9.97 Å². The van der Waals surface area contributed by atoms with E-state index in [1.54, 1.807) is 25.9 Å². The lowest BCUT2D eigenvalue weighted by atomic mass is 10.0. The van der Waals surface area contributed by atoms with Gasteiger partial charge in [-0.1, -0.05) is 0 Å². The van der Waals surface area contributed by atoms with Crippen molar-refractivity contribution in [3.63, 3.8) is 0 Å². The summed E-state index contributed by atoms with van der Waals surface area (Å²) >= 11 is 0. The first-order chi connectivity index (χ1) is 9.70. The lowest BCUT2D eigenvalue weighted by Crippen LogP contribution is -2.13. The number of rotatable bonds is 2. The van der Waals surface area contributed by atoms with Crippen molar-refractivity contribution in [2.45, 2.75) is 13.1 Å². The number of aryl methyl sites for hydroxylation is 1. The topological polar surface area (TPSA) is 49.2 Å². The van der Waals surface area contributed by atoms with Crippen LogP contribution in [0.4, 0.5) is 19.1 Å². The zero-order valence-electron chi connectivity index (χ0n) is 11.7. The molecule has 112 valence electrons. The summed E-state index contributed by atoms with van der Waals surface area (Å²) in [5.74, 6) is 0.204. The number of anilines is 1. The van der Waals surface area contributed by atoms with Crippen LogP contribution >= 0.6 is 0 Å². The van der Waals surface area contributed by atoms with Crippen molar-refractivity contribution in [2.24, 2.45) is 0 Å². The Labute approximate surface area is 119 Å². The lowest BCUT2D eigenvalue weighted by molar-refractivity contribution is -0.137. The Morgan fingerprint density at radius 1 is 1.14 bits per heavy atom. The Hall–Kier alpha value is -2.31. The summed E-state index contributed by atoms with van der Waals surface area (Å²) in [5.41, 5.74) is 0.0894. The second kappa shape index (κ2) is 5.23. The number of aromatic hydroxyl groups is 1. The Morgan fingerprint density at radius 2 is 1.81 bits per heavy atom. The molecule has 1 aromatic carbocycles. The van der Waals surface area contributed by atoms with E-state index >= 15 is 0 Å². The number of hydrogen-bond donors (Lipinski definition) is 1. The van der Waals surface area contributed by atoms with Gasteiger partial charge in [0.2, 0.25) is 5.95 Å². The van der Waals surface area contributed by atoms with Gasteiger partial charge in [-0.25, -0.2) is 9.97 Å². The van der Waals surface area contributed by atoms with Gasteiger partial charge in [0, 0.05) is 31.4 Å². The maximum absolute atomic E-state index is 12.8. The zero-order valence-corrected chi connectivity index (χ0v) is 11.7. The number of benzene rings is 1. The van der Waals surface area contributed by atoms with E-state index in [9.17, 15) is 18.3 Å². The van der Waals surface area contributed by atoms with Gasteiger partial charge in [0.05, 0.1) is 11.3 Å². The van der Waals surface area contributed by atoms with E-state index in [1.807, 2.05) is 0 Å². The van der Waals surface area contributed by atoms with Gasteiger partial charge < -0.3 is 10.0 Å². The fourth-order valence-electron chi connectivity index (χ4n) is 1.86. The van der Waals surface area contributed by atoms with Gasteiger partial charge in [-0.2, -0.15) is 13.2 Å². The monoisotopic (exact) mass is 297 g/mol. The van der Waals surface area contributed by atoms with E-state index < -0.39 is 11.7 Å². The summed E-state index contributed by atoms with van der Waals surface area (Å²) in [4.78, 5) is 9.96. The second-order valence-corrected chi connectivity index (χ2v) is 4.79. The van der Waals surface area contributed by atoms with Crippen LogP contribution in [-0.4, -0.2) is 29.2 Å². The first-order valence-electron chi connectivity index (χ1n) is 6.11. The highest BCUT2D eigenvalue weighted by atomic mass is 19.4. The van der Waals surface area contributed by atoms with E-state index in [0.29, 0.717) is 17.2 Å². The molecule has 1 heterocycles. The van der Waals surface area contributed by atoms with Crippen molar-refractivity contribution in [1.29, 1.82) is 0 Å². The summed E-state index contributed by atoms with van der Waals surface area (Å²) in [5, 5.41) is 9.82. The first-order valence-corrected chi connectivity index (χ1v) is 6.11. The van der Waals surface area contributed by atoms with Gasteiger partial charge in [-0.05, 0) is 25.1 Å². The normalized spacial score (nSPS) is 11.5. The minimum Gasteiger partial charge on any atom is -0.507 e. The number of hydrogen-bond acceptors (Lipinski definition) is 4. The number of phenols is 1.